The Morgan fingerprint density at radius 3 is 2.07 bits per heavy atom. The van der Waals surface area contributed by atoms with Gasteiger partial charge < -0.3 is 10.8 Å². The summed E-state index contributed by atoms with van der Waals surface area (Å²) in [5, 5.41) is 9.28. The second-order valence-electron chi connectivity index (χ2n) is 2.92. The van der Waals surface area contributed by atoms with Gasteiger partial charge in [-0.1, -0.05) is 30.3 Å². The average Bonchev–Trinajstić information content (AvgIpc) is 2.15. The largest absolute Gasteiger partial charge is 0.406 e. The Kier molecular flexibility index (Phi) is 3.13. The van der Waals surface area contributed by atoms with Crippen molar-refractivity contribution in [1.29, 1.82) is 0 Å². The van der Waals surface area contributed by atoms with E-state index in [1.54, 1.807) is 18.2 Å². The molecule has 14 heavy (non-hydrogen) atoms. The van der Waals surface area contributed by atoms with Gasteiger partial charge in [-0.3, -0.25) is 0 Å². The van der Waals surface area contributed by atoms with E-state index in [2.05, 4.69) is 0 Å². The number of nitrogens with two attached hydrogens (primary N) is 1. The molecule has 0 aliphatic heterocycles. The molecule has 0 radical (unpaired) electrons. The zero-order chi connectivity index (χ0) is 10.8. The molecule has 1 aromatic rings. The molecule has 0 heterocycles. The Hall–Kier alpha value is -1.07. The van der Waals surface area contributed by atoms with Crippen LogP contribution in [0.3, 0.4) is 0 Å². The lowest BCUT2D eigenvalue weighted by Gasteiger charge is -2.21. The van der Waals surface area contributed by atoms with Crippen molar-refractivity contribution < 1.29 is 18.3 Å². The first-order chi connectivity index (χ1) is 6.43. The van der Waals surface area contributed by atoms with Crippen LogP contribution in [0.2, 0.25) is 0 Å². The molecule has 0 fully saturated rings. The number of halogens is 3. The van der Waals surface area contributed by atoms with Crippen LogP contribution in [0.25, 0.3) is 0 Å². The summed E-state index contributed by atoms with van der Waals surface area (Å²) in [5.74, 6) is 0. The summed E-state index contributed by atoms with van der Waals surface area (Å²) in [7, 11) is 0. The van der Waals surface area contributed by atoms with Crippen LogP contribution in [0, 0.1) is 0 Å². The summed E-state index contributed by atoms with van der Waals surface area (Å²) in [5.41, 5.74) is 5.02. The molecule has 0 aromatic heterocycles. The Morgan fingerprint density at radius 1 is 1.14 bits per heavy atom. The maximum Gasteiger partial charge on any atom is 0.406 e. The van der Waals surface area contributed by atoms with Crippen LogP contribution in [0.4, 0.5) is 13.2 Å². The molecule has 0 aliphatic carbocycles. The molecule has 0 saturated heterocycles. The molecule has 2 nitrogen and oxygen atoms in total. The maximum atomic E-state index is 12.1. The van der Waals surface area contributed by atoms with E-state index in [1.807, 2.05) is 0 Å². The van der Waals surface area contributed by atoms with Crippen LogP contribution in [0.5, 0.6) is 0 Å². The van der Waals surface area contributed by atoms with Gasteiger partial charge in [0.05, 0.1) is 0 Å². The number of benzene rings is 1. The Balaban J connectivity index is 2.81. The van der Waals surface area contributed by atoms with Gasteiger partial charge >= 0.3 is 6.18 Å². The van der Waals surface area contributed by atoms with Crippen molar-refractivity contribution in [2.45, 2.75) is 18.3 Å². The summed E-state index contributed by atoms with van der Waals surface area (Å²) in [4.78, 5) is 0. The molecular formula is C9H10F3NO. The van der Waals surface area contributed by atoms with Gasteiger partial charge in [0.2, 0.25) is 0 Å². The van der Waals surface area contributed by atoms with Crippen LogP contribution in [0.1, 0.15) is 11.7 Å². The van der Waals surface area contributed by atoms with Crippen molar-refractivity contribution in [3.8, 4) is 0 Å². The molecule has 0 aliphatic rings. The number of aliphatic hydroxyl groups excluding tert-OH is 1. The highest BCUT2D eigenvalue weighted by Gasteiger charge is 2.41. The van der Waals surface area contributed by atoms with Gasteiger partial charge in [0.1, 0.15) is 12.1 Å². The fourth-order valence-electron chi connectivity index (χ4n) is 1.04. The first-order valence-electron chi connectivity index (χ1n) is 3.98. The van der Waals surface area contributed by atoms with E-state index in [4.69, 9.17) is 5.73 Å². The van der Waals surface area contributed by atoms with E-state index >= 15 is 0 Å². The predicted octanol–water partition coefficient (Wildman–Crippen LogP) is 1.61. The fraction of sp³-hybridized carbons (Fsp3) is 0.333. The molecule has 0 bridgehead atoms. The third-order valence-corrected chi connectivity index (χ3v) is 1.86. The number of hydrogen-bond donors (Lipinski definition) is 2. The van der Waals surface area contributed by atoms with Crippen LogP contribution in [-0.4, -0.2) is 17.3 Å². The zero-order valence-electron chi connectivity index (χ0n) is 7.20. The topological polar surface area (TPSA) is 46.2 Å². The first-order valence-corrected chi connectivity index (χ1v) is 3.98. The molecule has 0 spiro atoms. The van der Waals surface area contributed by atoms with E-state index in [0.717, 1.165) is 0 Å². The van der Waals surface area contributed by atoms with Gasteiger partial charge in [-0.2, -0.15) is 13.2 Å². The summed E-state index contributed by atoms with van der Waals surface area (Å²) in [6.07, 6.45) is -6.30. The molecule has 5 heteroatoms. The third kappa shape index (κ3) is 2.46. The molecule has 78 valence electrons. The molecule has 0 amide bonds. The quantitative estimate of drug-likeness (QED) is 0.770. The third-order valence-electron chi connectivity index (χ3n) is 1.86. The van der Waals surface area contributed by atoms with Gasteiger partial charge in [0.25, 0.3) is 0 Å². The monoisotopic (exact) mass is 205 g/mol. The highest BCUT2D eigenvalue weighted by atomic mass is 19.4. The van der Waals surface area contributed by atoms with Gasteiger partial charge in [0, 0.05) is 0 Å². The zero-order valence-corrected chi connectivity index (χ0v) is 7.20. The van der Waals surface area contributed by atoms with E-state index < -0.39 is 18.3 Å². The predicted molar refractivity (Wildman–Crippen MR) is 45.4 cm³/mol. The van der Waals surface area contributed by atoms with Gasteiger partial charge in [-0.05, 0) is 5.56 Å². The summed E-state index contributed by atoms with van der Waals surface area (Å²) < 4.78 is 36.3. The summed E-state index contributed by atoms with van der Waals surface area (Å²) in [6, 6.07) is 5.29. The van der Waals surface area contributed by atoms with Crippen molar-refractivity contribution in [3.05, 3.63) is 35.9 Å². The SMILES string of the molecule is N[C@@H]([C@@H](O)c1ccccc1)C(F)(F)F. The van der Waals surface area contributed by atoms with Crippen LogP contribution in [0.15, 0.2) is 30.3 Å². The van der Waals surface area contributed by atoms with Gasteiger partial charge in [-0.25, -0.2) is 0 Å². The normalized spacial score (nSPS) is 16.4. The Bertz CT molecular complexity index is 286. The Labute approximate surface area is 79.2 Å². The molecule has 1 aromatic carbocycles. The van der Waals surface area contributed by atoms with Crippen LogP contribution < -0.4 is 5.73 Å². The van der Waals surface area contributed by atoms with E-state index in [0.29, 0.717) is 0 Å². The maximum absolute atomic E-state index is 12.1. The lowest BCUT2D eigenvalue weighted by atomic mass is 10.0. The van der Waals surface area contributed by atoms with Crippen molar-refractivity contribution >= 4 is 0 Å². The summed E-state index contributed by atoms with van der Waals surface area (Å²) >= 11 is 0. The van der Waals surface area contributed by atoms with E-state index in [-0.39, 0.29) is 5.56 Å². The molecule has 0 saturated carbocycles. The average molecular weight is 205 g/mol. The van der Waals surface area contributed by atoms with Crippen molar-refractivity contribution in [2.75, 3.05) is 0 Å². The molecule has 0 unspecified atom stereocenters. The Morgan fingerprint density at radius 2 is 1.64 bits per heavy atom. The van der Waals surface area contributed by atoms with Crippen LogP contribution in [-0.2, 0) is 0 Å². The van der Waals surface area contributed by atoms with E-state index in [1.165, 1.54) is 12.1 Å². The van der Waals surface area contributed by atoms with E-state index in [9.17, 15) is 18.3 Å². The number of aliphatic hydroxyl groups is 1. The highest BCUT2D eigenvalue weighted by molar-refractivity contribution is 5.19. The number of hydrogen-bond acceptors (Lipinski definition) is 2. The summed E-state index contributed by atoms with van der Waals surface area (Å²) in [6.45, 7) is 0. The second kappa shape index (κ2) is 3.98. The van der Waals surface area contributed by atoms with Gasteiger partial charge in [0.15, 0.2) is 0 Å². The minimum atomic E-state index is -4.59. The minimum Gasteiger partial charge on any atom is -0.386 e. The highest BCUT2D eigenvalue weighted by Crippen LogP contribution is 2.28. The second-order valence-corrected chi connectivity index (χ2v) is 2.92. The number of alkyl halides is 3. The lowest BCUT2D eigenvalue weighted by Crippen LogP contribution is -2.42. The fourth-order valence-corrected chi connectivity index (χ4v) is 1.04. The molecule has 3 N–H and O–H groups in total. The lowest BCUT2D eigenvalue weighted by molar-refractivity contribution is -0.169. The van der Waals surface area contributed by atoms with Gasteiger partial charge in [-0.15, -0.1) is 0 Å². The standard InChI is InChI=1S/C9H10F3NO/c10-9(11,12)8(13)7(14)6-4-2-1-3-5-6/h1-5,7-8,14H,13H2/t7-,8-/m0/s1. The molecular weight excluding hydrogens is 195 g/mol. The molecule has 1 rings (SSSR count). The van der Waals surface area contributed by atoms with Crippen molar-refractivity contribution in [1.82, 2.24) is 0 Å². The van der Waals surface area contributed by atoms with Crippen molar-refractivity contribution in [3.63, 3.8) is 0 Å². The molecule has 2 atom stereocenters. The minimum absolute atomic E-state index is 0.164. The smallest absolute Gasteiger partial charge is 0.386 e. The van der Waals surface area contributed by atoms with Crippen molar-refractivity contribution in [2.24, 2.45) is 5.73 Å². The first kappa shape index (κ1) is 11.0. The van der Waals surface area contributed by atoms with Crippen LogP contribution >= 0.6 is 0 Å². The number of rotatable bonds is 2.